The van der Waals surface area contributed by atoms with E-state index < -0.39 is 17.0 Å². The van der Waals surface area contributed by atoms with Crippen LogP contribution in [0.3, 0.4) is 0 Å². The van der Waals surface area contributed by atoms with E-state index in [1.165, 1.54) is 25.1 Å². The highest BCUT2D eigenvalue weighted by atomic mass is 16.6. The number of non-ortho nitro benzene ring substituents is 1. The van der Waals surface area contributed by atoms with E-state index in [2.05, 4.69) is 5.16 Å². The average molecular weight is 252 g/mol. The van der Waals surface area contributed by atoms with Crippen LogP contribution in [0, 0.1) is 10.1 Å². The van der Waals surface area contributed by atoms with Gasteiger partial charge in [-0.1, -0.05) is 0 Å². The Morgan fingerprint density at radius 1 is 1.61 bits per heavy atom. The number of fused-ring (bicyclic) bond motifs is 1. The number of rotatable bonds is 4. The molecule has 1 aromatic heterocycles. The molecule has 0 aliphatic carbocycles. The van der Waals surface area contributed by atoms with Crippen molar-refractivity contribution in [3.63, 3.8) is 0 Å². The molecule has 18 heavy (non-hydrogen) atoms. The lowest BCUT2D eigenvalue weighted by atomic mass is 10.2. The molecule has 0 radical (unpaired) electrons. The zero-order valence-corrected chi connectivity index (χ0v) is 9.19. The number of hydrogen-bond acceptors (Lipinski definition) is 6. The van der Waals surface area contributed by atoms with E-state index in [9.17, 15) is 14.9 Å². The number of aromatic nitrogens is 1. The number of carboxylic acid groups (broad SMARTS) is 1. The van der Waals surface area contributed by atoms with Gasteiger partial charge in [-0.2, -0.15) is 0 Å². The minimum absolute atomic E-state index is 0.0800. The monoisotopic (exact) mass is 252 g/mol. The van der Waals surface area contributed by atoms with Crippen LogP contribution in [0.5, 0.6) is 5.88 Å². The number of nitro groups is 1. The van der Waals surface area contributed by atoms with E-state index in [-0.39, 0.29) is 22.5 Å². The van der Waals surface area contributed by atoms with Gasteiger partial charge in [0.2, 0.25) is 0 Å². The van der Waals surface area contributed by atoms with Gasteiger partial charge in [-0.05, 0) is 18.1 Å². The van der Waals surface area contributed by atoms with Crippen LogP contribution in [0.1, 0.15) is 6.92 Å². The van der Waals surface area contributed by atoms with Gasteiger partial charge in [-0.15, -0.1) is 0 Å². The maximum Gasteiger partial charge on any atom is 0.344 e. The summed E-state index contributed by atoms with van der Waals surface area (Å²) in [4.78, 5) is 20.7. The standard InChI is InChI=1S/C10H8N2O6/c1-5(10(13)14)17-9-7-4-6(12(15)16)2-3-8(7)18-11-9/h2-5H,1H3,(H,13,14). The smallest absolute Gasteiger partial charge is 0.344 e. The Bertz CT molecular complexity index is 620. The number of carboxylic acids is 1. The van der Waals surface area contributed by atoms with Gasteiger partial charge in [0.1, 0.15) is 0 Å². The van der Waals surface area contributed by atoms with Crippen LogP contribution < -0.4 is 4.74 Å². The van der Waals surface area contributed by atoms with Crippen LogP contribution in [0.25, 0.3) is 11.0 Å². The minimum Gasteiger partial charge on any atom is -0.479 e. The number of hydrogen-bond donors (Lipinski definition) is 1. The van der Waals surface area contributed by atoms with Crippen LogP contribution in [0.2, 0.25) is 0 Å². The fraction of sp³-hybridized carbons (Fsp3) is 0.200. The lowest BCUT2D eigenvalue weighted by molar-refractivity contribution is -0.384. The first-order chi connectivity index (χ1) is 8.49. The van der Waals surface area contributed by atoms with Gasteiger partial charge in [0, 0.05) is 12.1 Å². The van der Waals surface area contributed by atoms with Crippen molar-refractivity contribution in [2.45, 2.75) is 13.0 Å². The second-order valence-corrected chi connectivity index (χ2v) is 3.52. The third kappa shape index (κ3) is 2.08. The number of benzene rings is 1. The molecule has 1 N–H and O–H groups in total. The summed E-state index contributed by atoms with van der Waals surface area (Å²) < 4.78 is 9.91. The first kappa shape index (κ1) is 11.8. The number of carbonyl (C=O) groups is 1. The van der Waals surface area contributed by atoms with Gasteiger partial charge >= 0.3 is 5.97 Å². The fourth-order valence-electron chi connectivity index (χ4n) is 1.32. The molecule has 94 valence electrons. The Balaban J connectivity index is 2.42. The van der Waals surface area contributed by atoms with Gasteiger partial charge < -0.3 is 14.4 Å². The Morgan fingerprint density at radius 3 is 2.94 bits per heavy atom. The maximum atomic E-state index is 10.6. The van der Waals surface area contributed by atoms with Crippen molar-refractivity contribution in [2.24, 2.45) is 0 Å². The lowest BCUT2D eigenvalue weighted by Crippen LogP contribution is -2.23. The predicted octanol–water partition coefficient (Wildman–Crippen LogP) is 1.59. The van der Waals surface area contributed by atoms with Crippen molar-refractivity contribution < 1.29 is 24.1 Å². The van der Waals surface area contributed by atoms with Gasteiger partial charge in [0.15, 0.2) is 11.7 Å². The highest BCUT2D eigenvalue weighted by Gasteiger charge is 2.19. The maximum absolute atomic E-state index is 10.6. The zero-order valence-electron chi connectivity index (χ0n) is 9.19. The molecule has 1 aromatic carbocycles. The Morgan fingerprint density at radius 2 is 2.33 bits per heavy atom. The molecule has 0 spiro atoms. The van der Waals surface area contributed by atoms with Crippen molar-refractivity contribution in [3.05, 3.63) is 28.3 Å². The van der Waals surface area contributed by atoms with E-state index in [1.54, 1.807) is 0 Å². The second kappa shape index (κ2) is 4.32. The van der Waals surface area contributed by atoms with Crippen molar-refractivity contribution >= 4 is 22.6 Å². The highest BCUT2D eigenvalue weighted by molar-refractivity contribution is 5.84. The van der Waals surface area contributed by atoms with Crippen LogP contribution in [-0.4, -0.2) is 27.3 Å². The number of aliphatic carboxylic acids is 1. The summed E-state index contributed by atoms with van der Waals surface area (Å²) in [6.07, 6.45) is -1.13. The van der Waals surface area contributed by atoms with Gasteiger partial charge in [0.25, 0.3) is 11.6 Å². The zero-order chi connectivity index (χ0) is 13.3. The van der Waals surface area contributed by atoms with E-state index in [0.29, 0.717) is 0 Å². The summed E-state index contributed by atoms with van der Waals surface area (Å²) in [5.41, 5.74) is 0.131. The van der Waals surface area contributed by atoms with Crippen molar-refractivity contribution in [1.29, 1.82) is 0 Å². The summed E-state index contributed by atoms with van der Waals surface area (Å²) >= 11 is 0. The Kier molecular flexibility index (Phi) is 2.84. The quantitative estimate of drug-likeness (QED) is 0.648. The Hall–Kier alpha value is -2.64. The molecule has 1 atom stereocenters. The van der Waals surface area contributed by atoms with Crippen molar-refractivity contribution in [2.75, 3.05) is 0 Å². The van der Waals surface area contributed by atoms with Gasteiger partial charge in [-0.25, -0.2) is 4.79 Å². The van der Waals surface area contributed by atoms with Crippen LogP contribution in [-0.2, 0) is 4.79 Å². The first-order valence-corrected chi connectivity index (χ1v) is 4.92. The molecule has 0 amide bonds. The normalized spacial score (nSPS) is 12.3. The molecule has 0 bridgehead atoms. The molecule has 8 nitrogen and oxygen atoms in total. The first-order valence-electron chi connectivity index (χ1n) is 4.92. The SMILES string of the molecule is CC(Oc1noc2ccc([N+](=O)[O-])cc12)C(=O)O. The van der Waals surface area contributed by atoms with Gasteiger partial charge in [0.05, 0.1) is 10.3 Å². The molecule has 1 heterocycles. The molecule has 0 saturated heterocycles. The third-order valence-corrected chi connectivity index (χ3v) is 2.27. The van der Waals surface area contributed by atoms with Crippen molar-refractivity contribution in [1.82, 2.24) is 5.16 Å². The number of ether oxygens (including phenoxy) is 1. The molecular weight excluding hydrogens is 244 g/mol. The Labute approximate surface area is 99.9 Å². The van der Waals surface area contributed by atoms with Gasteiger partial charge in [-0.3, -0.25) is 10.1 Å². The number of nitrogens with zero attached hydrogens (tertiary/aromatic N) is 2. The van der Waals surface area contributed by atoms with E-state index in [4.69, 9.17) is 14.4 Å². The predicted molar refractivity (Wildman–Crippen MR) is 58.4 cm³/mol. The highest BCUT2D eigenvalue weighted by Crippen LogP contribution is 2.29. The third-order valence-electron chi connectivity index (χ3n) is 2.27. The summed E-state index contributed by atoms with van der Waals surface area (Å²) in [5, 5.41) is 23.1. The summed E-state index contributed by atoms with van der Waals surface area (Å²) in [5.74, 6) is -1.25. The molecule has 0 fully saturated rings. The average Bonchev–Trinajstić information content (AvgIpc) is 2.71. The van der Waals surface area contributed by atoms with E-state index in [1.807, 2.05) is 0 Å². The summed E-state index contributed by atoms with van der Waals surface area (Å²) in [6.45, 7) is 1.32. The van der Waals surface area contributed by atoms with Crippen LogP contribution in [0.15, 0.2) is 22.7 Å². The summed E-state index contributed by atoms with van der Waals surface area (Å²) in [7, 11) is 0. The number of nitro benzene ring substituents is 1. The summed E-state index contributed by atoms with van der Waals surface area (Å²) in [6, 6.07) is 3.85. The lowest BCUT2D eigenvalue weighted by Gasteiger charge is -2.06. The molecule has 0 saturated carbocycles. The largest absolute Gasteiger partial charge is 0.479 e. The van der Waals surface area contributed by atoms with E-state index in [0.717, 1.165) is 0 Å². The fourth-order valence-corrected chi connectivity index (χ4v) is 1.32. The van der Waals surface area contributed by atoms with Crippen molar-refractivity contribution in [3.8, 4) is 5.88 Å². The molecule has 1 unspecified atom stereocenters. The van der Waals surface area contributed by atoms with Crippen LogP contribution >= 0.6 is 0 Å². The molecule has 2 aromatic rings. The molecule has 0 aliphatic heterocycles. The topological polar surface area (TPSA) is 116 Å². The molecule has 8 heteroatoms. The second-order valence-electron chi connectivity index (χ2n) is 3.52. The minimum atomic E-state index is -1.17. The molecule has 2 rings (SSSR count). The van der Waals surface area contributed by atoms with Crippen LogP contribution in [0.4, 0.5) is 5.69 Å². The molecule has 0 aliphatic rings. The molecular formula is C10H8N2O6. The van der Waals surface area contributed by atoms with E-state index >= 15 is 0 Å².